The molecule has 1 aromatic carbocycles. The van der Waals surface area contributed by atoms with Crippen molar-refractivity contribution in [1.82, 2.24) is 4.90 Å². The van der Waals surface area contributed by atoms with Gasteiger partial charge < -0.3 is 14.4 Å². The minimum Gasteiger partial charge on any atom is -0.395 e. The second-order valence-electron chi connectivity index (χ2n) is 3.65. The van der Waals surface area contributed by atoms with Crippen LogP contribution < -0.4 is 9.47 Å². The van der Waals surface area contributed by atoms with Crippen molar-refractivity contribution in [3.63, 3.8) is 0 Å². The van der Waals surface area contributed by atoms with Crippen LogP contribution in [0.3, 0.4) is 0 Å². The van der Waals surface area contributed by atoms with Crippen LogP contribution in [0, 0.1) is 0 Å². The lowest BCUT2D eigenvalue weighted by atomic mass is 10.2. The van der Waals surface area contributed by atoms with Crippen LogP contribution in [0.2, 0.25) is 0 Å². The van der Waals surface area contributed by atoms with E-state index in [1.165, 1.54) is 6.07 Å². The topological polar surface area (TPSA) is 21.7 Å². The number of alkyl halides is 2. The van der Waals surface area contributed by atoms with Crippen LogP contribution in [0.25, 0.3) is 0 Å². The molecule has 1 aromatic rings. The number of benzene rings is 1. The zero-order valence-electron chi connectivity index (χ0n) is 8.46. The summed E-state index contributed by atoms with van der Waals surface area (Å²) in [5.41, 5.74) is 0.690. The molecule has 0 saturated heterocycles. The van der Waals surface area contributed by atoms with Crippen molar-refractivity contribution in [2.24, 2.45) is 0 Å². The van der Waals surface area contributed by atoms with E-state index in [9.17, 15) is 8.78 Å². The van der Waals surface area contributed by atoms with Crippen LogP contribution in [0.5, 0.6) is 11.5 Å². The van der Waals surface area contributed by atoms with E-state index in [4.69, 9.17) is 0 Å². The van der Waals surface area contributed by atoms with Gasteiger partial charge in [-0.25, -0.2) is 0 Å². The summed E-state index contributed by atoms with van der Waals surface area (Å²) in [7, 11) is 3.71. The third kappa shape index (κ3) is 2.02. The van der Waals surface area contributed by atoms with Crippen molar-refractivity contribution in [1.29, 1.82) is 0 Å². The SMILES string of the molecule is CN(C)Cc1cccc2c1OC(F)(F)O2. The minimum atomic E-state index is -3.54. The average Bonchev–Trinajstić information content (AvgIpc) is 2.39. The maximum Gasteiger partial charge on any atom is 0.586 e. The highest BCUT2D eigenvalue weighted by molar-refractivity contribution is 5.48. The smallest absolute Gasteiger partial charge is 0.395 e. The predicted molar refractivity (Wildman–Crippen MR) is 50.0 cm³/mol. The van der Waals surface area contributed by atoms with Crippen LogP contribution in [0.15, 0.2) is 18.2 Å². The highest BCUT2D eigenvalue weighted by Crippen LogP contribution is 2.43. The van der Waals surface area contributed by atoms with Gasteiger partial charge in [0, 0.05) is 12.1 Å². The number of hydrogen-bond acceptors (Lipinski definition) is 3. The summed E-state index contributed by atoms with van der Waals surface area (Å²) in [5, 5.41) is 0. The highest BCUT2D eigenvalue weighted by Gasteiger charge is 2.44. The second kappa shape index (κ2) is 3.34. The molecule has 0 amide bonds. The maximum absolute atomic E-state index is 12.8. The van der Waals surface area contributed by atoms with Crippen LogP contribution in [-0.2, 0) is 6.54 Å². The first-order valence-corrected chi connectivity index (χ1v) is 4.50. The quantitative estimate of drug-likeness (QED) is 0.753. The lowest BCUT2D eigenvalue weighted by Gasteiger charge is -2.11. The largest absolute Gasteiger partial charge is 0.586 e. The Morgan fingerprint density at radius 2 is 2.00 bits per heavy atom. The Labute approximate surface area is 86.2 Å². The van der Waals surface area contributed by atoms with Gasteiger partial charge in [0.2, 0.25) is 0 Å². The van der Waals surface area contributed by atoms with Gasteiger partial charge in [0.15, 0.2) is 11.5 Å². The molecule has 0 bridgehead atoms. The zero-order chi connectivity index (χ0) is 11.1. The molecule has 5 heteroatoms. The summed E-state index contributed by atoms with van der Waals surface area (Å²) >= 11 is 0. The molecule has 1 heterocycles. The predicted octanol–water partition coefficient (Wildman–Crippen LogP) is 2.07. The Morgan fingerprint density at radius 1 is 1.27 bits per heavy atom. The molecule has 0 spiro atoms. The molecule has 1 aliphatic rings. The van der Waals surface area contributed by atoms with Gasteiger partial charge in [0.1, 0.15) is 0 Å². The second-order valence-corrected chi connectivity index (χ2v) is 3.65. The fourth-order valence-corrected chi connectivity index (χ4v) is 1.49. The number of para-hydroxylation sites is 1. The molecule has 0 unspecified atom stereocenters. The number of hydrogen-bond donors (Lipinski definition) is 0. The van der Waals surface area contributed by atoms with E-state index in [1.807, 2.05) is 19.0 Å². The molecule has 0 saturated carbocycles. The van der Waals surface area contributed by atoms with E-state index >= 15 is 0 Å². The Kier molecular flexibility index (Phi) is 2.26. The lowest BCUT2D eigenvalue weighted by Crippen LogP contribution is -2.26. The summed E-state index contributed by atoms with van der Waals surface area (Å²) in [4.78, 5) is 1.87. The fourth-order valence-electron chi connectivity index (χ4n) is 1.49. The van der Waals surface area contributed by atoms with E-state index in [0.717, 1.165) is 0 Å². The lowest BCUT2D eigenvalue weighted by molar-refractivity contribution is -0.287. The van der Waals surface area contributed by atoms with Crippen molar-refractivity contribution >= 4 is 0 Å². The van der Waals surface area contributed by atoms with E-state index in [0.29, 0.717) is 12.1 Å². The van der Waals surface area contributed by atoms with Crippen LogP contribution in [0.1, 0.15) is 5.56 Å². The number of nitrogens with zero attached hydrogens (tertiary/aromatic N) is 1. The van der Waals surface area contributed by atoms with Gasteiger partial charge in [-0.2, -0.15) is 0 Å². The molecule has 0 aliphatic carbocycles. The number of halogens is 2. The fraction of sp³-hybridized carbons (Fsp3) is 0.400. The summed E-state index contributed by atoms with van der Waals surface area (Å²) in [6, 6.07) is 4.88. The molecule has 0 radical (unpaired) electrons. The molecule has 3 nitrogen and oxygen atoms in total. The first kappa shape index (κ1) is 10.2. The first-order chi connectivity index (χ1) is 6.98. The van der Waals surface area contributed by atoms with Gasteiger partial charge in [-0.05, 0) is 20.2 Å². The van der Waals surface area contributed by atoms with Crippen molar-refractivity contribution < 1.29 is 18.3 Å². The van der Waals surface area contributed by atoms with Gasteiger partial charge in [-0.15, -0.1) is 8.78 Å². The summed E-state index contributed by atoms with van der Waals surface area (Å²) in [5.74, 6) is 0.232. The molecule has 82 valence electrons. The molecule has 0 N–H and O–H groups in total. The molecule has 1 aliphatic heterocycles. The van der Waals surface area contributed by atoms with Gasteiger partial charge in [0.25, 0.3) is 0 Å². The van der Waals surface area contributed by atoms with E-state index in [-0.39, 0.29) is 11.5 Å². The summed E-state index contributed by atoms with van der Waals surface area (Å²) in [6.07, 6.45) is -3.54. The molecule has 0 aromatic heterocycles. The van der Waals surface area contributed by atoms with Crippen LogP contribution in [0.4, 0.5) is 8.78 Å². The van der Waals surface area contributed by atoms with E-state index < -0.39 is 6.29 Å². The Morgan fingerprint density at radius 3 is 2.67 bits per heavy atom. The van der Waals surface area contributed by atoms with Gasteiger partial charge in [-0.3, -0.25) is 0 Å². The monoisotopic (exact) mass is 215 g/mol. The molecular formula is C10H11F2NO2. The Bertz CT molecular complexity index is 380. The van der Waals surface area contributed by atoms with E-state index in [2.05, 4.69) is 9.47 Å². The molecule has 15 heavy (non-hydrogen) atoms. The average molecular weight is 215 g/mol. The number of rotatable bonds is 2. The third-order valence-corrected chi connectivity index (χ3v) is 2.00. The number of ether oxygens (including phenoxy) is 2. The first-order valence-electron chi connectivity index (χ1n) is 4.50. The van der Waals surface area contributed by atoms with Crippen LogP contribution >= 0.6 is 0 Å². The maximum atomic E-state index is 12.8. The van der Waals surface area contributed by atoms with Crippen molar-refractivity contribution in [3.8, 4) is 11.5 Å². The van der Waals surface area contributed by atoms with Gasteiger partial charge in [-0.1, -0.05) is 12.1 Å². The highest BCUT2D eigenvalue weighted by atomic mass is 19.3. The molecule has 2 rings (SSSR count). The van der Waals surface area contributed by atoms with Crippen molar-refractivity contribution in [2.75, 3.05) is 14.1 Å². The normalized spacial score (nSPS) is 17.1. The summed E-state index contributed by atoms with van der Waals surface area (Å²) < 4.78 is 34.4. The summed E-state index contributed by atoms with van der Waals surface area (Å²) in [6.45, 7) is 0.530. The minimum absolute atomic E-state index is 0.0966. The van der Waals surface area contributed by atoms with Crippen molar-refractivity contribution in [2.45, 2.75) is 12.8 Å². The van der Waals surface area contributed by atoms with Gasteiger partial charge >= 0.3 is 6.29 Å². The molecule has 0 fully saturated rings. The third-order valence-electron chi connectivity index (χ3n) is 2.00. The Hall–Kier alpha value is -1.36. The van der Waals surface area contributed by atoms with Crippen molar-refractivity contribution in [3.05, 3.63) is 23.8 Å². The number of fused-ring (bicyclic) bond motifs is 1. The zero-order valence-corrected chi connectivity index (χ0v) is 8.46. The molecular weight excluding hydrogens is 204 g/mol. The van der Waals surface area contributed by atoms with Crippen LogP contribution in [-0.4, -0.2) is 25.3 Å². The Balaban J connectivity index is 2.33. The van der Waals surface area contributed by atoms with E-state index in [1.54, 1.807) is 12.1 Å². The van der Waals surface area contributed by atoms with Gasteiger partial charge in [0.05, 0.1) is 0 Å². The molecule has 0 atom stereocenters. The standard InChI is InChI=1S/C10H11F2NO2/c1-13(2)6-7-4-3-5-8-9(7)15-10(11,12)14-8/h3-5H,6H2,1-2H3.